The first-order valence-electron chi connectivity index (χ1n) is 10.7. The van der Waals surface area contributed by atoms with Gasteiger partial charge in [-0.2, -0.15) is 0 Å². The van der Waals surface area contributed by atoms with Gasteiger partial charge in [-0.25, -0.2) is 0 Å². The highest BCUT2D eigenvalue weighted by atomic mass is 16.2. The van der Waals surface area contributed by atoms with Crippen molar-refractivity contribution in [1.29, 1.82) is 0 Å². The summed E-state index contributed by atoms with van der Waals surface area (Å²) in [6, 6.07) is 20.0. The van der Waals surface area contributed by atoms with Gasteiger partial charge in [-0.15, -0.1) is 0 Å². The van der Waals surface area contributed by atoms with Crippen LogP contribution in [0.1, 0.15) is 65.1 Å². The lowest BCUT2D eigenvalue weighted by Crippen LogP contribution is -2.63. The van der Waals surface area contributed by atoms with E-state index >= 15 is 0 Å². The molecule has 2 aromatic rings. The normalized spacial score (nSPS) is 19.4. The molecule has 1 saturated heterocycles. The van der Waals surface area contributed by atoms with Gasteiger partial charge in [-0.05, 0) is 52.7 Å². The highest BCUT2D eigenvalue weighted by molar-refractivity contribution is 5.92. The van der Waals surface area contributed by atoms with Gasteiger partial charge in [0.05, 0.1) is 12.0 Å². The first-order valence-corrected chi connectivity index (χ1v) is 10.7. The largest absolute Gasteiger partial charge is 0.334 e. The number of amides is 2. The Balaban J connectivity index is 1.84. The molecule has 0 aromatic heterocycles. The molecule has 2 atom stereocenters. The van der Waals surface area contributed by atoms with Gasteiger partial charge >= 0.3 is 0 Å². The predicted octanol–water partition coefficient (Wildman–Crippen LogP) is 5.20. The molecule has 4 heteroatoms. The molecule has 0 spiro atoms. The fraction of sp³-hybridized carbons (Fsp3) is 0.462. The number of benzene rings is 2. The second kappa shape index (κ2) is 8.25. The van der Waals surface area contributed by atoms with Crippen LogP contribution in [0.3, 0.4) is 0 Å². The summed E-state index contributed by atoms with van der Waals surface area (Å²) in [5, 5.41) is 0. The Morgan fingerprint density at radius 3 is 1.93 bits per heavy atom. The molecule has 1 fully saturated rings. The summed E-state index contributed by atoms with van der Waals surface area (Å²) in [7, 11) is 0. The summed E-state index contributed by atoms with van der Waals surface area (Å²) in [5.41, 5.74) is 1.57. The van der Waals surface area contributed by atoms with Crippen LogP contribution in [0, 0.1) is 5.92 Å². The molecular weight excluding hydrogens is 372 g/mol. The van der Waals surface area contributed by atoms with Crippen molar-refractivity contribution in [1.82, 2.24) is 9.80 Å². The Morgan fingerprint density at radius 1 is 0.900 bits per heavy atom. The Kier molecular flexibility index (Phi) is 6.07. The lowest BCUT2D eigenvalue weighted by molar-refractivity contribution is -0.171. The molecule has 3 rings (SSSR count). The molecule has 1 heterocycles. The number of likely N-dealkylation sites (tertiary alicyclic amines) is 1. The van der Waals surface area contributed by atoms with E-state index in [0.717, 1.165) is 11.1 Å². The Hall–Kier alpha value is -2.62. The van der Waals surface area contributed by atoms with Gasteiger partial charge in [0, 0.05) is 24.0 Å². The standard InChI is InChI=1S/C26H34N2O2/c1-25(2,3)27(18-19-13-9-7-10-14-19)22(29)17-21-23(20-15-11-8-12-16-20)28(24(21)30)26(4,5)6/h7-16,21,23H,17-18H2,1-6H3. The minimum atomic E-state index is -0.328. The second-order valence-electron chi connectivity index (χ2n) is 10.2. The van der Waals surface area contributed by atoms with E-state index in [-0.39, 0.29) is 41.3 Å². The van der Waals surface area contributed by atoms with Gasteiger partial charge in [-0.3, -0.25) is 9.59 Å². The Morgan fingerprint density at radius 2 is 1.43 bits per heavy atom. The highest BCUT2D eigenvalue weighted by Crippen LogP contribution is 2.46. The summed E-state index contributed by atoms with van der Waals surface area (Å²) < 4.78 is 0. The molecule has 0 N–H and O–H groups in total. The molecule has 2 amide bonds. The Labute approximate surface area is 180 Å². The van der Waals surface area contributed by atoms with Crippen LogP contribution in [0.25, 0.3) is 0 Å². The number of carbonyl (C=O) groups is 2. The number of hydrogen-bond donors (Lipinski definition) is 0. The molecule has 1 aliphatic heterocycles. The summed E-state index contributed by atoms with van der Waals surface area (Å²) in [5.74, 6) is -0.225. The number of β-lactam (4-membered cyclic amide) rings is 1. The zero-order valence-corrected chi connectivity index (χ0v) is 19.1. The van der Waals surface area contributed by atoms with E-state index in [1.807, 2.05) is 79.1 Å². The van der Waals surface area contributed by atoms with E-state index in [0.29, 0.717) is 6.54 Å². The smallest absolute Gasteiger partial charge is 0.229 e. The van der Waals surface area contributed by atoms with Crippen molar-refractivity contribution in [3.05, 3.63) is 71.8 Å². The van der Waals surface area contributed by atoms with Crippen LogP contribution >= 0.6 is 0 Å². The summed E-state index contributed by atoms with van der Waals surface area (Å²) in [4.78, 5) is 30.4. The molecule has 0 saturated carbocycles. The lowest BCUT2D eigenvalue weighted by Gasteiger charge is -2.54. The zero-order valence-electron chi connectivity index (χ0n) is 19.1. The van der Waals surface area contributed by atoms with Crippen molar-refractivity contribution in [2.24, 2.45) is 5.92 Å². The fourth-order valence-corrected chi connectivity index (χ4v) is 4.29. The van der Waals surface area contributed by atoms with Crippen molar-refractivity contribution in [2.75, 3.05) is 0 Å². The van der Waals surface area contributed by atoms with Crippen LogP contribution in [0.15, 0.2) is 60.7 Å². The van der Waals surface area contributed by atoms with Crippen molar-refractivity contribution < 1.29 is 9.59 Å². The second-order valence-corrected chi connectivity index (χ2v) is 10.2. The fourth-order valence-electron chi connectivity index (χ4n) is 4.29. The van der Waals surface area contributed by atoms with Gasteiger partial charge in [0.15, 0.2) is 0 Å². The summed E-state index contributed by atoms with van der Waals surface area (Å²) in [6.07, 6.45) is 0.231. The zero-order chi connectivity index (χ0) is 22.1. The number of hydrogen-bond acceptors (Lipinski definition) is 2. The Bertz CT molecular complexity index is 879. The minimum Gasteiger partial charge on any atom is -0.334 e. The number of carbonyl (C=O) groups excluding carboxylic acids is 2. The molecule has 160 valence electrons. The first kappa shape index (κ1) is 22.1. The van der Waals surface area contributed by atoms with E-state index in [1.54, 1.807) is 0 Å². The van der Waals surface area contributed by atoms with Gasteiger partial charge in [0.25, 0.3) is 0 Å². The van der Waals surface area contributed by atoms with E-state index in [1.165, 1.54) is 0 Å². The third-order valence-corrected chi connectivity index (χ3v) is 5.77. The van der Waals surface area contributed by atoms with Crippen LogP contribution in [0.2, 0.25) is 0 Å². The van der Waals surface area contributed by atoms with Crippen molar-refractivity contribution in [3.63, 3.8) is 0 Å². The number of nitrogens with zero attached hydrogens (tertiary/aromatic N) is 2. The third-order valence-electron chi connectivity index (χ3n) is 5.77. The van der Waals surface area contributed by atoms with E-state index in [9.17, 15) is 9.59 Å². The van der Waals surface area contributed by atoms with Crippen molar-refractivity contribution in [2.45, 2.75) is 71.6 Å². The van der Waals surface area contributed by atoms with Crippen LogP contribution in [0.4, 0.5) is 0 Å². The summed E-state index contributed by atoms with van der Waals surface area (Å²) in [6.45, 7) is 12.8. The average molecular weight is 407 g/mol. The van der Waals surface area contributed by atoms with Crippen LogP contribution in [-0.4, -0.2) is 32.7 Å². The average Bonchev–Trinajstić information content (AvgIpc) is 2.67. The highest BCUT2D eigenvalue weighted by Gasteiger charge is 2.53. The maximum absolute atomic E-state index is 13.4. The van der Waals surface area contributed by atoms with Crippen LogP contribution < -0.4 is 0 Å². The van der Waals surface area contributed by atoms with Gasteiger partial charge in [0.2, 0.25) is 11.8 Å². The quantitative estimate of drug-likeness (QED) is 0.640. The van der Waals surface area contributed by atoms with Gasteiger partial charge < -0.3 is 9.80 Å². The SMILES string of the molecule is CC(C)(C)N(Cc1ccccc1)C(=O)CC1C(=O)N(C(C)(C)C)C1c1ccccc1. The van der Waals surface area contributed by atoms with Crippen LogP contribution in [0.5, 0.6) is 0 Å². The topological polar surface area (TPSA) is 40.6 Å². The maximum atomic E-state index is 13.4. The molecule has 0 aliphatic carbocycles. The van der Waals surface area contributed by atoms with Crippen LogP contribution in [-0.2, 0) is 16.1 Å². The van der Waals surface area contributed by atoms with E-state index in [2.05, 4.69) is 32.9 Å². The third kappa shape index (κ3) is 4.58. The monoisotopic (exact) mass is 406 g/mol. The summed E-state index contributed by atoms with van der Waals surface area (Å²) >= 11 is 0. The maximum Gasteiger partial charge on any atom is 0.229 e. The molecule has 1 aliphatic rings. The molecule has 30 heavy (non-hydrogen) atoms. The van der Waals surface area contributed by atoms with Crippen molar-refractivity contribution >= 4 is 11.8 Å². The predicted molar refractivity (Wildman–Crippen MR) is 121 cm³/mol. The molecule has 2 aromatic carbocycles. The molecule has 2 unspecified atom stereocenters. The van der Waals surface area contributed by atoms with E-state index < -0.39 is 0 Å². The lowest BCUT2D eigenvalue weighted by atomic mass is 9.76. The molecule has 0 bridgehead atoms. The van der Waals surface area contributed by atoms with Gasteiger partial charge in [0.1, 0.15) is 0 Å². The minimum absolute atomic E-state index is 0.0270. The number of rotatable bonds is 5. The van der Waals surface area contributed by atoms with Gasteiger partial charge in [-0.1, -0.05) is 60.7 Å². The van der Waals surface area contributed by atoms with Crippen molar-refractivity contribution in [3.8, 4) is 0 Å². The molecule has 4 nitrogen and oxygen atoms in total. The molecular formula is C26H34N2O2. The van der Waals surface area contributed by atoms with E-state index in [4.69, 9.17) is 0 Å². The first-order chi connectivity index (χ1) is 14.0. The molecule has 0 radical (unpaired) electrons.